The standard InChI is InChI=1S/C35H38FN3O4S/c1-26-12-11-15-28(22-26)24-38(32(34(41)37-35(2,3)4)23-27-13-7-5-8-14-27)33(40)25-39(30-20-18-29(36)19-21-30)44(42,43)31-16-9-6-10-17-31/h5-22,32H,23-25H2,1-4H3,(H,37,41)/t32-/m1/s1. The zero-order chi connectivity index (χ0) is 31.9. The van der Waals surface area contributed by atoms with Gasteiger partial charge in [0.05, 0.1) is 10.6 Å². The number of nitrogens with one attached hydrogen (secondary N) is 1. The molecule has 44 heavy (non-hydrogen) atoms. The van der Waals surface area contributed by atoms with Crippen molar-refractivity contribution < 1.29 is 22.4 Å². The van der Waals surface area contributed by atoms with E-state index in [4.69, 9.17) is 0 Å². The first-order chi connectivity index (χ1) is 20.8. The van der Waals surface area contributed by atoms with Crippen LogP contribution >= 0.6 is 0 Å². The van der Waals surface area contributed by atoms with E-state index in [1.807, 2.05) is 82.3 Å². The number of benzene rings is 4. The zero-order valence-electron chi connectivity index (χ0n) is 25.4. The molecule has 4 aromatic rings. The summed E-state index contributed by atoms with van der Waals surface area (Å²) in [5.41, 5.74) is 2.15. The summed E-state index contributed by atoms with van der Waals surface area (Å²) in [5.74, 6) is -1.48. The van der Waals surface area contributed by atoms with Gasteiger partial charge in [0.15, 0.2) is 0 Å². The van der Waals surface area contributed by atoms with E-state index in [1.165, 1.54) is 29.2 Å². The van der Waals surface area contributed by atoms with Gasteiger partial charge in [0.2, 0.25) is 11.8 Å². The van der Waals surface area contributed by atoms with Crippen molar-refractivity contribution >= 4 is 27.5 Å². The van der Waals surface area contributed by atoms with Crippen molar-refractivity contribution in [2.24, 2.45) is 0 Å². The normalized spacial score (nSPS) is 12.3. The third-order valence-electron chi connectivity index (χ3n) is 6.93. The van der Waals surface area contributed by atoms with Gasteiger partial charge in [0, 0.05) is 18.5 Å². The second-order valence-electron chi connectivity index (χ2n) is 11.8. The van der Waals surface area contributed by atoms with Crippen LogP contribution in [0.1, 0.15) is 37.5 Å². The molecule has 0 spiro atoms. The lowest BCUT2D eigenvalue weighted by Gasteiger charge is -2.35. The molecule has 1 atom stereocenters. The molecule has 2 amide bonds. The number of hydrogen-bond donors (Lipinski definition) is 1. The first-order valence-corrected chi connectivity index (χ1v) is 15.8. The Balaban J connectivity index is 1.81. The molecule has 0 bridgehead atoms. The van der Waals surface area contributed by atoms with Crippen molar-refractivity contribution in [2.45, 2.75) is 57.1 Å². The van der Waals surface area contributed by atoms with Gasteiger partial charge in [-0.3, -0.25) is 13.9 Å². The molecule has 4 rings (SSSR count). The minimum Gasteiger partial charge on any atom is -0.350 e. The van der Waals surface area contributed by atoms with Gasteiger partial charge in [-0.1, -0.05) is 78.4 Å². The van der Waals surface area contributed by atoms with Gasteiger partial charge in [0.25, 0.3) is 10.0 Å². The molecule has 0 aromatic heterocycles. The summed E-state index contributed by atoms with van der Waals surface area (Å²) in [6.45, 7) is 6.98. The molecule has 0 radical (unpaired) electrons. The van der Waals surface area contributed by atoms with E-state index >= 15 is 0 Å². The van der Waals surface area contributed by atoms with Gasteiger partial charge < -0.3 is 10.2 Å². The average molecular weight is 616 g/mol. The van der Waals surface area contributed by atoms with Crippen molar-refractivity contribution in [3.05, 3.63) is 132 Å². The van der Waals surface area contributed by atoms with Crippen LogP contribution in [0.2, 0.25) is 0 Å². The maximum Gasteiger partial charge on any atom is 0.264 e. The highest BCUT2D eigenvalue weighted by molar-refractivity contribution is 7.92. The maximum absolute atomic E-state index is 14.4. The summed E-state index contributed by atoms with van der Waals surface area (Å²) in [6.07, 6.45) is 0.211. The lowest BCUT2D eigenvalue weighted by Crippen LogP contribution is -2.56. The van der Waals surface area contributed by atoms with Gasteiger partial charge in [-0.2, -0.15) is 0 Å². The minimum atomic E-state index is -4.25. The van der Waals surface area contributed by atoms with Gasteiger partial charge in [-0.05, 0) is 75.2 Å². The molecule has 0 aliphatic heterocycles. The number of aryl methyl sites for hydroxylation is 1. The number of nitrogens with zero attached hydrogens (tertiary/aromatic N) is 2. The van der Waals surface area contributed by atoms with Crippen molar-refractivity contribution in [3.63, 3.8) is 0 Å². The monoisotopic (exact) mass is 615 g/mol. The van der Waals surface area contributed by atoms with Gasteiger partial charge in [0.1, 0.15) is 18.4 Å². The Kier molecular flexibility index (Phi) is 10.2. The fourth-order valence-corrected chi connectivity index (χ4v) is 6.31. The molecule has 0 saturated heterocycles. The topological polar surface area (TPSA) is 86.8 Å². The first kappa shape index (κ1) is 32.4. The van der Waals surface area contributed by atoms with Gasteiger partial charge in [-0.15, -0.1) is 0 Å². The minimum absolute atomic E-state index is 0.0197. The molecule has 0 heterocycles. The predicted molar refractivity (Wildman–Crippen MR) is 171 cm³/mol. The number of hydrogen-bond acceptors (Lipinski definition) is 4. The van der Waals surface area contributed by atoms with Gasteiger partial charge in [-0.25, -0.2) is 12.8 Å². The average Bonchev–Trinajstić information content (AvgIpc) is 2.98. The number of amides is 2. The highest BCUT2D eigenvalue weighted by atomic mass is 32.2. The molecule has 0 unspecified atom stereocenters. The van der Waals surface area contributed by atoms with Gasteiger partial charge >= 0.3 is 0 Å². The Bertz CT molecular complexity index is 1670. The SMILES string of the molecule is Cc1cccc(CN(C(=O)CN(c2ccc(F)cc2)S(=O)(=O)c2ccccc2)[C@H](Cc2ccccc2)C(=O)NC(C)(C)C)c1. The number of anilines is 1. The third-order valence-corrected chi connectivity index (χ3v) is 8.72. The first-order valence-electron chi connectivity index (χ1n) is 14.4. The second kappa shape index (κ2) is 13.9. The van der Waals surface area contributed by atoms with E-state index in [1.54, 1.807) is 18.2 Å². The molecule has 4 aromatic carbocycles. The van der Waals surface area contributed by atoms with Crippen molar-refractivity contribution in [1.29, 1.82) is 0 Å². The smallest absolute Gasteiger partial charge is 0.264 e. The molecular weight excluding hydrogens is 577 g/mol. The van der Waals surface area contributed by atoms with Crippen LogP contribution < -0.4 is 9.62 Å². The van der Waals surface area contributed by atoms with Crippen LogP contribution in [0.15, 0.2) is 114 Å². The summed E-state index contributed by atoms with van der Waals surface area (Å²) >= 11 is 0. The Morgan fingerprint density at radius 3 is 2.00 bits per heavy atom. The number of halogens is 1. The molecule has 7 nitrogen and oxygen atoms in total. The zero-order valence-corrected chi connectivity index (χ0v) is 26.2. The van der Waals surface area contributed by atoms with Crippen LogP contribution in [0.25, 0.3) is 0 Å². The van der Waals surface area contributed by atoms with Crippen LogP contribution in [0.4, 0.5) is 10.1 Å². The number of carbonyl (C=O) groups excluding carboxylic acids is 2. The molecule has 0 aliphatic rings. The Morgan fingerprint density at radius 2 is 1.41 bits per heavy atom. The fourth-order valence-electron chi connectivity index (χ4n) is 4.87. The molecular formula is C35H38FN3O4S. The van der Waals surface area contributed by atoms with Crippen LogP contribution in [-0.2, 0) is 32.6 Å². The van der Waals surface area contributed by atoms with E-state index in [2.05, 4.69) is 5.32 Å². The summed E-state index contributed by atoms with van der Waals surface area (Å²) in [6, 6.07) is 28.7. The lowest BCUT2D eigenvalue weighted by molar-refractivity contribution is -0.140. The molecule has 9 heteroatoms. The summed E-state index contributed by atoms with van der Waals surface area (Å²) in [4.78, 5) is 29.8. The van der Waals surface area contributed by atoms with E-state index in [0.717, 1.165) is 33.1 Å². The molecule has 0 saturated carbocycles. The summed E-state index contributed by atoms with van der Waals surface area (Å²) in [7, 11) is -4.25. The maximum atomic E-state index is 14.4. The summed E-state index contributed by atoms with van der Waals surface area (Å²) < 4.78 is 42.7. The second-order valence-corrected chi connectivity index (χ2v) is 13.6. The number of rotatable bonds is 11. The van der Waals surface area contributed by atoms with Crippen LogP contribution in [0.5, 0.6) is 0 Å². The van der Waals surface area contributed by atoms with E-state index in [0.29, 0.717) is 0 Å². The Hall–Kier alpha value is -4.50. The fraction of sp³-hybridized carbons (Fsp3) is 0.257. The molecule has 230 valence electrons. The molecule has 0 aliphatic carbocycles. The van der Waals surface area contributed by atoms with Crippen LogP contribution in [0.3, 0.4) is 0 Å². The highest BCUT2D eigenvalue weighted by Crippen LogP contribution is 2.25. The van der Waals surface area contributed by atoms with Crippen LogP contribution in [0, 0.1) is 12.7 Å². The van der Waals surface area contributed by atoms with E-state index in [-0.39, 0.29) is 29.5 Å². The van der Waals surface area contributed by atoms with E-state index < -0.39 is 39.9 Å². The number of carbonyl (C=O) groups is 2. The van der Waals surface area contributed by atoms with Crippen LogP contribution in [-0.4, -0.2) is 43.3 Å². The Labute approximate surface area is 259 Å². The van der Waals surface area contributed by atoms with Crippen molar-refractivity contribution in [3.8, 4) is 0 Å². The highest BCUT2D eigenvalue weighted by Gasteiger charge is 2.35. The lowest BCUT2D eigenvalue weighted by atomic mass is 10.0. The van der Waals surface area contributed by atoms with Crippen molar-refractivity contribution in [1.82, 2.24) is 10.2 Å². The molecule has 1 N–H and O–H groups in total. The van der Waals surface area contributed by atoms with Crippen molar-refractivity contribution in [2.75, 3.05) is 10.8 Å². The van der Waals surface area contributed by atoms with E-state index in [9.17, 15) is 22.4 Å². The summed E-state index contributed by atoms with van der Waals surface area (Å²) in [5, 5.41) is 3.01. The number of sulfonamides is 1. The Morgan fingerprint density at radius 1 is 0.818 bits per heavy atom. The molecule has 0 fully saturated rings. The third kappa shape index (κ3) is 8.54. The quantitative estimate of drug-likeness (QED) is 0.228. The largest absolute Gasteiger partial charge is 0.350 e. The predicted octanol–water partition coefficient (Wildman–Crippen LogP) is 5.88.